The second-order valence-electron chi connectivity index (χ2n) is 0.523. The fourth-order valence-electron chi connectivity index (χ4n) is 0. The molecule has 6 heavy (non-hydrogen) atoms. The lowest BCUT2D eigenvalue weighted by atomic mass is 11.4. The zero-order valence-corrected chi connectivity index (χ0v) is 4.01. The van der Waals surface area contributed by atoms with Crippen LogP contribution in [0.4, 0.5) is 13.2 Å². The molecule has 0 aromatic carbocycles. The van der Waals surface area contributed by atoms with E-state index in [0.717, 1.165) is 0 Å². The summed E-state index contributed by atoms with van der Waals surface area (Å²) in [5, 5.41) is 0. The molecule has 0 aliphatic carbocycles. The normalized spacial score (nSPS) is 12.0. The highest BCUT2D eigenvalue weighted by Gasteiger charge is 2.27. The van der Waals surface area contributed by atoms with Gasteiger partial charge in [-0.2, -0.15) is 0 Å². The zero-order chi connectivity index (χ0) is 5.21. The molecule has 0 bridgehead atoms. The number of hydrogen-bond donors (Lipinski definition) is 0. The molecule has 0 spiro atoms. The van der Waals surface area contributed by atoms with Crippen LogP contribution in [0.1, 0.15) is 1.43 Å². The molecule has 0 fully saturated rings. The van der Waals surface area contributed by atoms with Crippen LogP contribution in [0, 0.1) is 0 Å². The summed E-state index contributed by atoms with van der Waals surface area (Å²) < 4.78 is 34.3. The van der Waals surface area contributed by atoms with Crippen molar-refractivity contribution in [3.8, 4) is 0 Å². The van der Waals surface area contributed by atoms with Crippen LogP contribution < -0.4 is 0 Å². The SMILES string of the molecule is FC(F)(F)OBr.[H+]. The monoisotopic (exact) mass is 165 g/mol. The van der Waals surface area contributed by atoms with Crippen molar-refractivity contribution < 1.29 is 18.4 Å². The van der Waals surface area contributed by atoms with E-state index < -0.39 is 6.36 Å². The third kappa shape index (κ3) is 4.23. The topological polar surface area (TPSA) is 9.23 Å². The number of rotatable bonds is 0. The standard InChI is InChI=1S/CBrF3O/c2-6-1(3,4)5/p+1. The molecule has 0 aromatic rings. The largest absolute Gasteiger partial charge is 1.00 e. The molecule has 0 aliphatic heterocycles. The van der Waals surface area contributed by atoms with Crippen LogP contribution in [-0.4, -0.2) is 6.36 Å². The van der Waals surface area contributed by atoms with Gasteiger partial charge in [0.2, 0.25) is 0 Å². The van der Waals surface area contributed by atoms with Crippen molar-refractivity contribution in [1.82, 2.24) is 0 Å². The van der Waals surface area contributed by atoms with E-state index in [0.29, 0.717) is 0 Å². The van der Waals surface area contributed by atoms with Crippen molar-refractivity contribution in [2.24, 2.45) is 0 Å². The molecule has 0 heterocycles. The van der Waals surface area contributed by atoms with Crippen LogP contribution >= 0.6 is 16.3 Å². The van der Waals surface area contributed by atoms with E-state index in [4.69, 9.17) is 0 Å². The number of hydrogen-bond acceptors (Lipinski definition) is 1. The van der Waals surface area contributed by atoms with Crippen LogP contribution in [0.5, 0.6) is 0 Å². The highest BCUT2D eigenvalue weighted by molar-refractivity contribution is 9.06. The lowest BCUT2D eigenvalue weighted by molar-refractivity contribution is -0.261. The third-order valence-corrected chi connectivity index (χ3v) is 0.455. The molecule has 5 heteroatoms. The lowest BCUT2D eigenvalue weighted by Crippen LogP contribution is -2.04. The van der Waals surface area contributed by atoms with Crippen LogP contribution in [0.15, 0.2) is 0 Å². The Bertz CT molecular complexity index is 44.7. The van der Waals surface area contributed by atoms with E-state index in [1.807, 2.05) is 0 Å². The first-order valence-electron chi connectivity index (χ1n) is 0.925. The van der Waals surface area contributed by atoms with Gasteiger partial charge in [-0.05, 0) is 0 Å². The van der Waals surface area contributed by atoms with Crippen LogP contribution in [-0.2, 0) is 3.83 Å². The summed E-state index contributed by atoms with van der Waals surface area (Å²) in [4.78, 5) is 0. The molecule has 0 saturated heterocycles. The quantitative estimate of drug-likeness (QED) is 0.534. The molecule has 0 N–H and O–H groups in total. The lowest BCUT2D eigenvalue weighted by Gasteiger charge is -1.94. The summed E-state index contributed by atoms with van der Waals surface area (Å²) in [7, 11) is 0. The molecule has 0 aromatic heterocycles. The second kappa shape index (κ2) is 1.79. The maximum atomic E-state index is 10.5. The fourth-order valence-corrected chi connectivity index (χ4v) is 0. The zero-order valence-electron chi connectivity index (χ0n) is 3.42. The van der Waals surface area contributed by atoms with Gasteiger partial charge in [0.05, 0.1) is 0 Å². The van der Waals surface area contributed by atoms with Gasteiger partial charge < -0.3 is 0 Å². The minimum atomic E-state index is -4.54. The molecule has 0 rings (SSSR count). The summed E-state index contributed by atoms with van der Waals surface area (Å²) >= 11 is 1.74. The Balaban J connectivity index is 0. The predicted molar refractivity (Wildman–Crippen MR) is 17.2 cm³/mol. The third-order valence-electron chi connectivity index (χ3n) is 0.0875. The summed E-state index contributed by atoms with van der Waals surface area (Å²) in [5.74, 6) is 0. The van der Waals surface area contributed by atoms with E-state index in [-0.39, 0.29) is 1.43 Å². The van der Waals surface area contributed by atoms with E-state index in [1.165, 1.54) is 0 Å². The van der Waals surface area contributed by atoms with Gasteiger partial charge in [0.25, 0.3) is 0 Å². The van der Waals surface area contributed by atoms with Crippen molar-refractivity contribution >= 4 is 16.3 Å². The number of halogens is 4. The first-order chi connectivity index (χ1) is 2.56. The Kier molecular flexibility index (Phi) is 1.86. The van der Waals surface area contributed by atoms with Gasteiger partial charge in [0.15, 0.2) is 0 Å². The summed E-state index contributed by atoms with van der Waals surface area (Å²) in [6.07, 6.45) is -4.54. The highest BCUT2D eigenvalue weighted by Crippen LogP contribution is 2.18. The Hall–Kier alpha value is 0.230. The molecular formula is CHBrF3O+. The fraction of sp³-hybridized carbons (Fsp3) is 1.00. The van der Waals surface area contributed by atoms with Crippen molar-refractivity contribution in [2.45, 2.75) is 6.36 Å². The van der Waals surface area contributed by atoms with Gasteiger partial charge >= 0.3 is 7.79 Å². The van der Waals surface area contributed by atoms with Gasteiger partial charge in [-0.15, -0.1) is 13.2 Å². The number of alkyl halides is 3. The Morgan fingerprint density at radius 2 is 1.67 bits per heavy atom. The first-order valence-corrected chi connectivity index (χ1v) is 1.57. The minimum absolute atomic E-state index is 0. The van der Waals surface area contributed by atoms with E-state index in [9.17, 15) is 13.2 Å². The average Bonchev–Trinajstić information content (AvgIpc) is 1.35. The second-order valence-corrected chi connectivity index (χ2v) is 0.847. The molecular weight excluding hydrogens is 165 g/mol. The molecule has 0 aliphatic rings. The van der Waals surface area contributed by atoms with Gasteiger partial charge in [-0.1, -0.05) is 0 Å². The van der Waals surface area contributed by atoms with Crippen molar-refractivity contribution in [1.29, 1.82) is 0 Å². The molecule has 1 nitrogen and oxygen atoms in total. The molecule has 0 radical (unpaired) electrons. The maximum absolute atomic E-state index is 10.5. The van der Waals surface area contributed by atoms with Gasteiger partial charge in [0.1, 0.15) is 16.3 Å². The highest BCUT2D eigenvalue weighted by atomic mass is 79.9. The molecule has 0 saturated carbocycles. The molecule has 0 unspecified atom stereocenters. The molecule has 0 atom stereocenters. The Labute approximate surface area is 42.0 Å². The molecule has 38 valence electrons. The average molecular weight is 166 g/mol. The van der Waals surface area contributed by atoms with Crippen LogP contribution in [0.25, 0.3) is 0 Å². The van der Waals surface area contributed by atoms with E-state index in [2.05, 4.69) is 3.83 Å². The van der Waals surface area contributed by atoms with E-state index >= 15 is 0 Å². The van der Waals surface area contributed by atoms with Gasteiger partial charge in [-0.25, -0.2) is 3.83 Å². The van der Waals surface area contributed by atoms with Crippen LogP contribution in [0.2, 0.25) is 0 Å². The van der Waals surface area contributed by atoms with Crippen molar-refractivity contribution in [3.63, 3.8) is 0 Å². The first kappa shape index (κ1) is 6.23. The smallest absolute Gasteiger partial charge is 0.212 e. The summed E-state index contributed by atoms with van der Waals surface area (Å²) in [6.45, 7) is 0. The Morgan fingerprint density at radius 1 is 1.50 bits per heavy atom. The predicted octanol–water partition coefficient (Wildman–Crippen LogP) is 1.95. The Morgan fingerprint density at radius 3 is 1.67 bits per heavy atom. The minimum Gasteiger partial charge on any atom is -0.212 e. The maximum Gasteiger partial charge on any atom is 1.00 e. The van der Waals surface area contributed by atoms with Gasteiger partial charge in [-0.3, -0.25) is 0 Å². The van der Waals surface area contributed by atoms with E-state index in [1.54, 1.807) is 16.3 Å². The summed E-state index contributed by atoms with van der Waals surface area (Å²) in [6, 6.07) is 0. The van der Waals surface area contributed by atoms with Crippen molar-refractivity contribution in [2.75, 3.05) is 0 Å². The van der Waals surface area contributed by atoms with Crippen molar-refractivity contribution in [3.05, 3.63) is 0 Å². The van der Waals surface area contributed by atoms with Crippen LogP contribution in [0.3, 0.4) is 0 Å². The molecule has 0 amide bonds. The summed E-state index contributed by atoms with van der Waals surface area (Å²) in [5.41, 5.74) is 0. The van der Waals surface area contributed by atoms with Gasteiger partial charge in [0, 0.05) is 0 Å².